The number of pyridine rings is 1. The molecule has 0 fully saturated rings. The van der Waals surface area contributed by atoms with Gasteiger partial charge in [0.2, 0.25) is 0 Å². The first-order valence-corrected chi connectivity index (χ1v) is 10.8. The van der Waals surface area contributed by atoms with Gasteiger partial charge in [-0.1, -0.05) is 60.1 Å². The maximum Gasteiger partial charge on any atom is 0.280 e. The zero-order valence-corrected chi connectivity index (χ0v) is 18.7. The van der Waals surface area contributed by atoms with Crippen molar-refractivity contribution in [1.82, 2.24) is 10.4 Å². The van der Waals surface area contributed by atoms with Gasteiger partial charge in [0.15, 0.2) is 6.10 Å². The minimum absolute atomic E-state index is 0.311. The van der Waals surface area contributed by atoms with Gasteiger partial charge in [0.1, 0.15) is 23.3 Å². The second-order valence-corrected chi connectivity index (χ2v) is 7.66. The normalized spacial score (nSPS) is 11.9. The van der Waals surface area contributed by atoms with E-state index >= 15 is 0 Å². The van der Waals surface area contributed by atoms with Crippen LogP contribution in [-0.2, 0) is 11.4 Å². The molecule has 7 heteroatoms. The molecule has 33 heavy (non-hydrogen) atoms. The molecule has 166 valence electrons. The number of fused-ring (bicyclic) bond motifs is 1. The summed E-state index contributed by atoms with van der Waals surface area (Å²) in [7, 11) is 0. The fraction of sp³-hybridized carbons (Fsp3) is 0.115. The van der Waals surface area contributed by atoms with Gasteiger partial charge in [-0.3, -0.25) is 4.79 Å². The van der Waals surface area contributed by atoms with Crippen molar-refractivity contribution < 1.29 is 14.3 Å². The van der Waals surface area contributed by atoms with Gasteiger partial charge in [0.25, 0.3) is 5.91 Å². The molecule has 1 heterocycles. The molecule has 1 atom stereocenters. The lowest BCUT2D eigenvalue weighted by Gasteiger charge is -2.13. The number of aromatic nitrogens is 1. The Labute approximate surface area is 196 Å². The minimum Gasteiger partial charge on any atom is -0.489 e. The number of hydrogen-bond acceptors (Lipinski definition) is 5. The smallest absolute Gasteiger partial charge is 0.280 e. The van der Waals surface area contributed by atoms with Gasteiger partial charge < -0.3 is 9.47 Å². The van der Waals surface area contributed by atoms with E-state index in [4.69, 9.17) is 21.1 Å². The highest BCUT2D eigenvalue weighted by molar-refractivity contribution is 6.32. The third-order valence-corrected chi connectivity index (χ3v) is 5.14. The summed E-state index contributed by atoms with van der Waals surface area (Å²) >= 11 is 6.21. The van der Waals surface area contributed by atoms with Crippen molar-refractivity contribution in [3.05, 3.63) is 101 Å². The molecular formula is C26H22ClN3O3. The van der Waals surface area contributed by atoms with E-state index in [-0.39, 0.29) is 5.91 Å². The van der Waals surface area contributed by atoms with E-state index < -0.39 is 6.10 Å². The molecule has 4 rings (SSSR count). The predicted molar refractivity (Wildman–Crippen MR) is 130 cm³/mol. The van der Waals surface area contributed by atoms with Gasteiger partial charge in [-0.2, -0.15) is 5.10 Å². The molecule has 0 aliphatic carbocycles. The van der Waals surface area contributed by atoms with E-state index in [1.165, 1.54) is 6.21 Å². The Kier molecular flexibility index (Phi) is 7.17. The summed E-state index contributed by atoms with van der Waals surface area (Å²) in [4.78, 5) is 16.7. The lowest BCUT2D eigenvalue weighted by molar-refractivity contribution is -0.127. The molecular weight excluding hydrogens is 438 g/mol. The molecule has 1 N–H and O–H groups in total. The topological polar surface area (TPSA) is 72.8 Å². The van der Waals surface area contributed by atoms with Gasteiger partial charge in [0, 0.05) is 10.9 Å². The molecule has 1 aromatic heterocycles. The van der Waals surface area contributed by atoms with Gasteiger partial charge >= 0.3 is 0 Å². The number of nitrogens with one attached hydrogen (secondary N) is 1. The van der Waals surface area contributed by atoms with Crippen LogP contribution in [0.4, 0.5) is 0 Å². The SMILES string of the molecule is CC(Oc1ccc(OCc2ccccc2)cc1)C(=O)NN=Cc1cc2ccccc2nc1Cl. The number of carbonyl (C=O) groups is 1. The Morgan fingerprint density at radius 2 is 1.73 bits per heavy atom. The number of rotatable bonds is 8. The van der Waals surface area contributed by atoms with E-state index in [1.54, 1.807) is 31.2 Å². The summed E-state index contributed by atoms with van der Waals surface area (Å²) < 4.78 is 11.5. The van der Waals surface area contributed by atoms with Gasteiger partial charge in [-0.15, -0.1) is 0 Å². The van der Waals surface area contributed by atoms with Crippen molar-refractivity contribution in [3.8, 4) is 11.5 Å². The van der Waals surface area contributed by atoms with E-state index in [1.807, 2.05) is 60.7 Å². The number of nitrogens with zero attached hydrogens (tertiary/aromatic N) is 2. The van der Waals surface area contributed by atoms with Crippen molar-refractivity contribution in [2.24, 2.45) is 5.10 Å². The number of hydrazone groups is 1. The van der Waals surface area contributed by atoms with Gasteiger partial charge in [-0.25, -0.2) is 10.4 Å². The van der Waals surface area contributed by atoms with Crippen LogP contribution in [0.3, 0.4) is 0 Å². The quantitative estimate of drug-likeness (QED) is 0.218. The molecule has 0 saturated carbocycles. The molecule has 3 aromatic carbocycles. The Bertz CT molecular complexity index is 1260. The second kappa shape index (κ2) is 10.6. The van der Waals surface area contributed by atoms with Crippen LogP contribution in [0.25, 0.3) is 10.9 Å². The van der Waals surface area contributed by atoms with Crippen molar-refractivity contribution in [1.29, 1.82) is 0 Å². The van der Waals surface area contributed by atoms with Gasteiger partial charge in [0.05, 0.1) is 11.7 Å². The average molecular weight is 460 g/mol. The molecule has 0 saturated heterocycles. The predicted octanol–water partition coefficient (Wildman–Crippen LogP) is 5.38. The summed E-state index contributed by atoms with van der Waals surface area (Å²) in [5.74, 6) is 0.879. The lowest BCUT2D eigenvalue weighted by atomic mass is 10.2. The first kappa shape index (κ1) is 22.3. The van der Waals surface area contributed by atoms with Crippen LogP contribution in [0.5, 0.6) is 11.5 Å². The van der Waals surface area contributed by atoms with Crippen LogP contribution >= 0.6 is 11.6 Å². The molecule has 0 radical (unpaired) electrons. The Hall–Kier alpha value is -3.90. The van der Waals surface area contributed by atoms with Crippen LogP contribution in [0.15, 0.2) is 90.0 Å². The fourth-order valence-electron chi connectivity index (χ4n) is 3.07. The van der Waals surface area contributed by atoms with Crippen molar-refractivity contribution in [3.63, 3.8) is 0 Å². The first-order chi connectivity index (χ1) is 16.1. The molecule has 1 unspecified atom stereocenters. The Morgan fingerprint density at radius 1 is 1.03 bits per heavy atom. The van der Waals surface area contributed by atoms with Crippen LogP contribution in [0, 0.1) is 0 Å². The molecule has 0 bridgehead atoms. The highest BCUT2D eigenvalue weighted by Gasteiger charge is 2.14. The molecule has 0 spiro atoms. The largest absolute Gasteiger partial charge is 0.489 e. The van der Waals surface area contributed by atoms with E-state index in [2.05, 4.69) is 15.5 Å². The molecule has 1 amide bonds. The number of carbonyl (C=O) groups excluding carboxylic acids is 1. The molecule has 4 aromatic rings. The second-order valence-electron chi connectivity index (χ2n) is 7.30. The zero-order chi connectivity index (χ0) is 23.0. The van der Waals surface area contributed by atoms with E-state index in [0.29, 0.717) is 28.8 Å². The highest BCUT2D eigenvalue weighted by Crippen LogP contribution is 2.20. The van der Waals surface area contributed by atoms with E-state index in [9.17, 15) is 4.79 Å². The van der Waals surface area contributed by atoms with Crippen molar-refractivity contribution in [2.45, 2.75) is 19.6 Å². The number of benzene rings is 3. The maximum atomic E-state index is 12.3. The molecule has 0 aliphatic rings. The number of hydrogen-bond donors (Lipinski definition) is 1. The lowest BCUT2D eigenvalue weighted by Crippen LogP contribution is -2.33. The summed E-state index contributed by atoms with van der Waals surface area (Å²) in [5, 5.41) is 5.23. The zero-order valence-electron chi connectivity index (χ0n) is 17.9. The monoisotopic (exact) mass is 459 g/mol. The van der Waals surface area contributed by atoms with Crippen LogP contribution in [0.2, 0.25) is 5.15 Å². The van der Waals surface area contributed by atoms with Crippen LogP contribution in [0.1, 0.15) is 18.1 Å². The average Bonchev–Trinajstić information content (AvgIpc) is 2.84. The van der Waals surface area contributed by atoms with Crippen LogP contribution in [-0.4, -0.2) is 23.2 Å². The minimum atomic E-state index is -0.747. The van der Waals surface area contributed by atoms with E-state index in [0.717, 1.165) is 16.5 Å². The standard InChI is InChI=1S/C26H22ClN3O3/c1-18(33-23-13-11-22(12-14-23)32-17-19-7-3-2-4-8-19)26(31)30-28-16-21-15-20-9-5-6-10-24(20)29-25(21)27/h2-16,18H,17H2,1H3,(H,30,31). The fourth-order valence-corrected chi connectivity index (χ4v) is 3.26. The first-order valence-electron chi connectivity index (χ1n) is 10.4. The number of ether oxygens (including phenoxy) is 2. The molecule has 0 aliphatic heterocycles. The summed E-state index contributed by atoms with van der Waals surface area (Å²) in [6.07, 6.45) is 0.717. The number of para-hydroxylation sites is 1. The summed E-state index contributed by atoms with van der Waals surface area (Å²) in [6, 6.07) is 26.5. The van der Waals surface area contributed by atoms with Crippen molar-refractivity contribution >= 4 is 34.6 Å². The third kappa shape index (κ3) is 6.08. The number of halogens is 1. The maximum absolute atomic E-state index is 12.3. The van der Waals surface area contributed by atoms with Crippen LogP contribution < -0.4 is 14.9 Å². The van der Waals surface area contributed by atoms with Gasteiger partial charge in [-0.05, 0) is 48.9 Å². The third-order valence-electron chi connectivity index (χ3n) is 4.84. The van der Waals surface area contributed by atoms with Crippen molar-refractivity contribution in [2.75, 3.05) is 0 Å². The summed E-state index contributed by atoms with van der Waals surface area (Å²) in [5.41, 5.74) is 4.96. The number of amides is 1. The highest BCUT2D eigenvalue weighted by atomic mass is 35.5. The Balaban J connectivity index is 1.29. The summed E-state index contributed by atoms with van der Waals surface area (Å²) in [6.45, 7) is 2.13. The Morgan fingerprint density at radius 3 is 2.52 bits per heavy atom. The molecule has 6 nitrogen and oxygen atoms in total.